The average Bonchev–Trinajstić information content (AvgIpc) is 2.36. The molecule has 0 spiro atoms. The van der Waals surface area contributed by atoms with E-state index in [4.69, 9.17) is 0 Å². The van der Waals surface area contributed by atoms with Gasteiger partial charge in [-0.3, -0.25) is 4.98 Å². The Morgan fingerprint density at radius 3 is 2.84 bits per heavy atom. The van der Waals surface area contributed by atoms with Gasteiger partial charge >= 0.3 is 0 Å². The second-order valence-corrected chi connectivity index (χ2v) is 6.37. The molecule has 2 rings (SSSR count). The van der Waals surface area contributed by atoms with Crippen LogP contribution in [0.25, 0.3) is 0 Å². The van der Waals surface area contributed by atoms with E-state index in [0.29, 0.717) is 0 Å². The molecule has 1 N–H and O–H groups in total. The Kier molecular flexibility index (Phi) is 4.25. The van der Waals surface area contributed by atoms with Gasteiger partial charge in [-0.1, -0.05) is 11.6 Å². The molecule has 1 aliphatic rings. The van der Waals surface area contributed by atoms with Crippen LogP contribution < -0.4 is 10.2 Å². The summed E-state index contributed by atoms with van der Waals surface area (Å²) in [5, 5.41) is 3.55. The van der Waals surface area contributed by atoms with Crippen LogP contribution in [0.5, 0.6) is 0 Å². The monoisotopic (exact) mass is 259 g/mol. The molecule has 0 saturated carbocycles. The van der Waals surface area contributed by atoms with Gasteiger partial charge in [0.25, 0.3) is 0 Å². The van der Waals surface area contributed by atoms with Gasteiger partial charge in [-0.15, -0.1) is 0 Å². The molecule has 104 valence electrons. The quantitative estimate of drug-likeness (QED) is 0.845. The molecule has 1 aromatic heterocycles. The predicted molar refractivity (Wildman–Crippen MR) is 81.4 cm³/mol. The lowest BCUT2D eigenvalue weighted by atomic mass is 10.1. The van der Waals surface area contributed by atoms with Crippen molar-refractivity contribution >= 4 is 5.69 Å². The molecule has 3 heteroatoms. The summed E-state index contributed by atoms with van der Waals surface area (Å²) in [6.45, 7) is 11.8. The molecule has 1 aliphatic heterocycles. The molecule has 3 nitrogen and oxygen atoms in total. The zero-order valence-electron chi connectivity index (χ0n) is 12.5. The number of hydrogen-bond donors (Lipinski definition) is 1. The van der Waals surface area contributed by atoms with Crippen molar-refractivity contribution in [3.8, 4) is 0 Å². The smallest absolute Gasteiger partial charge is 0.0445 e. The first-order valence-electron chi connectivity index (χ1n) is 7.04. The largest absolute Gasteiger partial charge is 0.367 e. The van der Waals surface area contributed by atoms with E-state index in [-0.39, 0.29) is 5.54 Å². The molecular formula is C16H25N3. The molecular weight excluding hydrogens is 234 g/mol. The number of rotatable bonds is 3. The van der Waals surface area contributed by atoms with Crippen LogP contribution in [0.2, 0.25) is 0 Å². The fourth-order valence-corrected chi connectivity index (χ4v) is 2.34. The van der Waals surface area contributed by atoms with E-state index < -0.39 is 0 Å². The van der Waals surface area contributed by atoms with Gasteiger partial charge in [-0.25, -0.2) is 0 Å². The maximum absolute atomic E-state index is 4.28. The van der Waals surface area contributed by atoms with Crippen LogP contribution in [0.4, 0.5) is 5.69 Å². The van der Waals surface area contributed by atoms with Crippen molar-refractivity contribution < 1.29 is 0 Å². The minimum Gasteiger partial charge on any atom is -0.367 e. The highest BCUT2D eigenvalue weighted by Gasteiger charge is 2.16. The number of hydrogen-bond acceptors (Lipinski definition) is 3. The Balaban J connectivity index is 2.14. The van der Waals surface area contributed by atoms with Crippen LogP contribution in [-0.4, -0.2) is 23.6 Å². The van der Waals surface area contributed by atoms with Crippen LogP contribution in [0.1, 0.15) is 39.7 Å². The van der Waals surface area contributed by atoms with Gasteiger partial charge in [0.15, 0.2) is 0 Å². The van der Waals surface area contributed by atoms with Gasteiger partial charge in [0, 0.05) is 48.8 Å². The minimum atomic E-state index is 0.130. The molecule has 0 unspecified atom stereocenters. The topological polar surface area (TPSA) is 28.2 Å². The third kappa shape index (κ3) is 4.06. The first kappa shape index (κ1) is 14.1. The van der Waals surface area contributed by atoms with Crippen LogP contribution in [-0.2, 0) is 6.54 Å². The molecule has 0 aromatic carbocycles. The first-order chi connectivity index (χ1) is 8.96. The molecule has 19 heavy (non-hydrogen) atoms. The van der Waals surface area contributed by atoms with Crippen molar-refractivity contribution in [2.24, 2.45) is 0 Å². The lowest BCUT2D eigenvalue weighted by molar-refractivity contribution is 0.424. The fourth-order valence-electron chi connectivity index (χ4n) is 2.34. The van der Waals surface area contributed by atoms with Crippen LogP contribution in [0.15, 0.2) is 30.1 Å². The van der Waals surface area contributed by atoms with E-state index in [1.54, 1.807) is 0 Å². The van der Waals surface area contributed by atoms with Gasteiger partial charge in [0.05, 0.1) is 0 Å². The van der Waals surface area contributed by atoms with E-state index in [1.165, 1.54) is 16.8 Å². The summed E-state index contributed by atoms with van der Waals surface area (Å²) in [6.07, 6.45) is 7.36. The SMILES string of the molecule is CC1=CCCN(c2ccncc2CNC(C)(C)C)C1. The van der Waals surface area contributed by atoms with Gasteiger partial charge < -0.3 is 10.2 Å². The summed E-state index contributed by atoms with van der Waals surface area (Å²) < 4.78 is 0. The highest BCUT2D eigenvalue weighted by atomic mass is 15.1. The Labute approximate surface area is 116 Å². The predicted octanol–water partition coefficient (Wildman–Crippen LogP) is 3.13. The minimum absolute atomic E-state index is 0.130. The van der Waals surface area contributed by atoms with Crippen molar-refractivity contribution in [2.75, 3.05) is 18.0 Å². The van der Waals surface area contributed by atoms with Crippen molar-refractivity contribution in [2.45, 2.75) is 46.2 Å². The molecule has 2 heterocycles. The summed E-state index contributed by atoms with van der Waals surface area (Å²) in [6, 6.07) is 2.14. The molecule has 0 aliphatic carbocycles. The van der Waals surface area contributed by atoms with E-state index in [0.717, 1.165) is 26.1 Å². The van der Waals surface area contributed by atoms with E-state index in [2.05, 4.69) is 55.0 Å². The number of nitrogens with one attached hydrogen (secondary N) is 1. The van der Waals surface area contributed by atoms with Crippen LogP contribution in [0.3, 0.4) is 0 Å². The Morgan fingerprint density at radius 1 is 1.37 bits per heavy atom. The zero-order valence-corrected chi connectivity index (χ0v) is 12.5. The van der Waals surface area contributed by atoms with Gasteiger partial charge in [-0.2, -0.15) is 0 Å². The zero-order chi connectivity index (χ0) is 13.9. The molecule has 0 fully saturated rings. The standard InChI is InChI=1S/C16H25N3/c1-13-6-5-9-19(12-13)15-7-8-17-10-14(15)11-18-16(2,3)4/h6-8,10,18H,5,9,11-12H2,1-4H3. The van der Waals surface area contributed by atoms with Crippen molar-refractivity contribution in [3.05, 3.63) is 35.7 Å². The highest BCUT2D eigenvalue weighted by molar-refractivity contribution is 5.54. The van der Waals surface area contributed by atoms with E-state index in [9.17, 15) is 0 Å². The number of aromatic nitrogens is 1. The summed E-state index contributed by atoms with van der Waals surface area (Å²) in [5.74, 6) is 0. The van der Waals surface area contributed by atoms with Gasteiger partial charge in [0.1, 0.15) is 0 Å². The first-order valence-corrected chi connectivity index (χ1v) is 7.04. The fraction of sp³-hybridized carbons (Fsp3) is 0.562. The molecule has 0 radical (unpaired) electrons. The third-order valence-electron chi connectivity index (χ3n) is 3.36. The van der Waals surface area contributed by atoms with E-state index in [1.807, 2.05) is 12.4 Å². The molecule has 0 bridgehead atoms. The lowest BCUT2D eigenvalue weighted by Gasteiger charge is -2.31. The maximum Gasteiger partial charge on any atom is 0.0445 e. The normalized spacial score (nSPS) is 16.4. The maximum atomic E-state index is 4.28. The lowest BCUT2D eigenvalue weighted by Crippen LogP contribution is -2.36. The Morgan fingerprint density at radius 2 is 2.16 bits per heavy atom. The van der Waals surface area contributed by atoms with Crippen molar-refractivity contribution in [3.63, 3.8) is 0 Å². The summed E-state index contributed by atoms with van der Waals surface area (Å²) in [7, 11) is 0. The van der Waals surface area contributed by atoms with Crippen molar-refractivity contribution in [1.82, 2.24) is 10.3 Å². The summed E-state index contributed by atoms with van der Waals surface area (Å²) in [5.41, 5.74) is 4.19. The van der Waals surface area contributed by atoms with Crippen molar-refractivity contribution in [1.29, 1.82) is 0 Å². The Hall–Kier alpha value is -1.35. The molecule has 0 amide bonds. The highest BCUT2D eigenvalue weighted by Crippen LogP contribution is 2.23. The second-order valence-electron chi connectivity index (χ2n) is 6.37. The Bertz CT molecular complexity index is 457. The van der Waals surface area contributed by atoms with E-state index >= 15 is 0 Å². The summed E-state index contributed by atoms with van der Waals surface area (Å²) in [4.78, 5) is 6.73. The second kappa shape index (κ2) is 5.74. The number of nitrogens with zero attached hydrogens (tertiary/aromatic N) is 2. The molecule has 0 atom stereocenters. The number of anilines is 1. The molecule has 0 saturated heterocycles. The number of pyridine rings is 1. The molecule has 1 aromatic rings. The van der Waals surface area contributed by atoms with Crippen LogP contribution >= 0.6 is 0 Å². The van der Waals surface area contributed by atoms with Crippen LogP contribution in [0, 0.1) is 0 Å². The van der Waals surface area contributed by atoms with Gasteiger partial charge in [0.2, 0.25) is 0 Å². The third-order valence-corrected chi connectivity index (χ3v) is 3.36. The summed E-state index contributed by atoms with van der Waals surface area (Å²) >= 11 is 0. The van der Waals surface area contributed by atoms with Gasteiger partial charge in [-0.05, 0) is 40.2 Å². The average molecular weight is 259 g/mol.